The molecule has 0 heterocycles. The Morgan fingerprint density at radius 1 is 1.12 bits per heavy atom. The van der Waals surface area contributed by atoms with E-state index in [1.54, 1.807) is 0 Å². The van der Waals surface area contributed by atoms with Crippen molar-refractivity contribution in [3.8, 4) is 0 Å². The molecule has 5 nitrogen and oxygen atoms in total. The van der Waals surface area contributed by atoms with Crippen molar-refractivity contribution in [2.75, 3.05) is 19.8 Å². The third-order valence-corrected chi connectivity index (χ3v) is 4.63. The van der Waals surface area contributed by atoms with E-state index in [-0.39, 0.29) is 5.57 Å². The van der Waals surface area contributed by atoms with Crippen LogP contribution in [0.1, 0.15) is 27.7 Å². The van der Waals surface area contributed by atoms with Crippen LogP contribution in [0, 0.1) is 0 Å². The number of rotatable bonds is 8. The monoisotopic (exact) mass is 248 g/mol. The molecule has 0 aliphatic heterocycles. The Hall–Kier alpha value is -0.693. The van der Waals surface area contributed by atoms with Gasteiger partial charge in [-0.25, -0.2) is 4.79 Å². The third kappa shape index (κ3) is 4.89. The molecule has 94 valence electrons. The largest absolute Gasteiger partial charge is 0.530 e. The van der Waals surface area contributed by atoms with E-state index in [0.717, 1.165) is 0 Å². The maximum absolute atomic E-state index is 10.8. The Kier molecular flexibility index (Phi) is 7.23. The lowest BCUT2D eigenvalue weighted by Crippen LogP contribution is -2.45. The average Bonchev–Trinajstić information content (AvgIpc) is 2.18. The van der Waals surface area contributed by atoms with Gasteiger partial charge in [0.15, 0.2) is 0 Å². The summed E-state index contributed by atoms with van der Waals surface area (Å²) < 4.78 is 16.5. The maximum Gasteiger partial charge on any atom is 0.530 e. The summed E-state index contributed by atoms with van der Waals surface area (Å²) in [6.45, 7) is 8.25. The van der Waals surface area contributed by atoms with Crippen LogP contribution in [0.2, 0.25) is 0 Å². The molecule has 0 saturated heterocycles. The van der Waals surface area contributed by atoms with Crippen LogP contribution < -0.4 is 0 Å². The van der Waals surface area contributed by atoms with Crippen LogP contribution in [0.4, 0.5) is 0 Å². The van der Waals surface area contributed by atoms with E-state index in [1.807, 2.05) is 20.8 Å². The smallest absolute Gasteiger partial charge is 0.478 e. The summed E-state index contributed by atoms with van der Waals surface area (Å²) in [7, 11) is -2.96. The van der Waals surface area contributed by atoms with Crippen LogP contribution in [-0.4, -0.2) is 39.7 Å². The lowest BCUT2D eigenvalue weighted by molar-refractivity contribution is -0.132. The molecule has 0 rings (SSSR count). The van der Waals surface area contributed by atoms with Gasteiger partial charge in [0, 0.05) is 25.4 Å². The highest BCUT2D eigenvalue weighted by Crippen LogP contribution is 2.14. The minimum Gasteiger partial charge on any atom is -0.478 e. The first-order chi connectivity index (χ1) is 7.51. The fourth-order valence-corrected chi connectivity index (χ4v) is 3.54. The van der Waals surface area contributed by atoms with Crippen molar-refractivity contribution in [1.82, 2.24) is 0 Å². The van der Waals surface area contributed by atoms with Crippen molar-refractivity contribution in [1.29, 1.82) is 0 Å². The number of hydrogen-bond acceptors (Lipinski definition) is 4. The molecule has 16 heavy (non-hydrogen) atoms. The van der Waals surface area contributed by atoms with Crippen LogP contribution in [0.5, 0.6) is 0 Å². The number of aliphatic carboxylic acids is 1. The van der Waals surface area contributed by atoms with Gasteiger partial charge < -0.3 is 18.4 Å². The highest BCUT2D eigenvalue weighted by Gasteiger charge is 2.38. The first-order valence-corrected chi connectivity index (χ1v) is 7.16. The minimum atomic E-state index is -2.96. The Morgan fingerprint density at radius 3 is 1.75 bits per heavy atom. The molecule has 0 amide bonds. The zero-order valence-corrected chi connectivity index (χ0v) is 11.3. The molecule has 0 aromatic carbocycles. The molecular formula is C10H20O5Si. The molecule has 0 unspecified atom stereocenters. The second-order valence-electron chi connectivity index (χ2n) is 3.04. The van der Waals surface area contributed by atoms with Crippen LogP contribution in [0.25, 0.3) is 0 Å². The summed E-state index contributed by atoms with van der Waals surface area (Å²) in [6.07, 6.45) is 0. The number of carbonyl (C=O) groups is 1. The zero-order chi connectivity index (χ0) is 12.6. The quantitative estimate of drug-likeness (QED) is 0.522. The van der Waals surface area contributed by atoms with Crippen LogP contribution in [-0.2, 0) is 18.1 Å². The van der Waals surface area contributed by atoms with Crippen molar-refractivity contribution in [2.24, 2.45) is 0 Å². The van der Waals surface area contributed by atoms with Crippen LogP contribution in [0.15, 0.2) is 11.3 Å². The molecule has 0 bridgehead atoms. The Bertz CT molecular complexity index is 235. The molecule has 0 spiro atoms. The van der Waals surface area contributed by atoms with Crippen LogP contribution in [0.3, 0.4) is 0 Å². The second kappa shape index (κ2) is 7.56. The Labute approximate surface area is 97.4 Å². The fraction of sp³-hybridized carbons (Fsp3) is 0.700. The predicted octanol–water partition coefficient (Wildman–Crippen LogP) is 1.60. The molecule has 0 aromatic rings. The van der Waals surface area contributed by atoms with Crippen molar-refractivity contribution < 1.29 is 23.2 Å². The average molecular weight is 248 g/mol. The van der Waals surface area contributed by atoms with Gasteiger partial charge in [0.1, 0.15) is 0 Å². The lowest BCUT2D eigenvalue weighted by atomic mass is 10.4. The molecule has 6 heteroatoms. The van der Waals surface area contributed by atoms with Crippen molar-refractivity contribution in [2.45, 2.75) is 27.7 Å². The van der Waals surface area contributed by atoms with Gasteiger partial charge in [-0.15, -0.1) is 0 Å². The molecule has 0 fully saturated rings. The van der Waals surface area contributed by atoms with Gasteiger partial charge in [-0.2, -0.15) is 0 Å². The standard InChI is InChI=1S/C10H20O5Si/c1-5-13-16(14-6-2,15-7-3)8-9(4)10(11)12/h8H,5-7H2,1-4H3,(H,11,12). The topological polar surface area (TPSA) is 65.0 Å². The summed E-state index contributed by atoms with van der Waals surface area (Å²) in [5.41, 5.74) is 1.66. The molecule has 0 aliphatic rings. The highest BCUT2D eigenvalue weighted by molar-refractivity contribution is 6.66. The maximum atomic E-state index is 10.8. The first kappa shape index (κ1) is 15.3. The molecule has 0 radical (unpaired) electrons. The van der Waals surface area contributed by atoms with E-state index in [9.17, 15) is 4.79 Å². The molecule has 1 N–H and O–H groups in total. The number of carboxylic acids is 1. The second-order valence-corrected chi connectivity index (χ2v) is 5.40. The number of carboxylic acid groups (broad SMARTS) is 1. The van der Waals surface area contributed by atoms with Crippen molar-refractivity contribution >= 4 is 14.8 Å². The first-order valence-electron chi connectivity index (χ1n) is 5.35. The van der Waals surface area contributed by atoms with Gasteiger partial charge in [0.05, 0.1) is 0 Å². The lowest BCUT2D eigenvalue weighted by Gasteiger charge is -2.25. The summed E-state index contributed by atoms with van der Waals surface area (Å²) in [6, 6.07) is 0. The molecule has 0 aromatic heterocycles. The summed E-state index contributed by atoms with van der Waals surface area (Å²) in [4.78, 5) is 10.8. The molecule has 0 aliphatic carbocycles. The van der Waals surface area contributed by atoms with Crippen LogP contribution >= 0.6 is 0 Å². The molecule has 0 saturated carbocycles. The zero-order valence-electron chi connectivity index (χ0n) is 10.3. The van der Waals surface area contributed by atoms with Crippen molar-refractivity contribution in [3.05, 3.63) is 11.3 Å². The van der Waals surface area contributed by atoms with Gasteiger partial charge in [0.25, 0.3) is 0 Å². The molecular weight excluding hydrogens is 228 g/mol. The van der Waals surface area contributed by atoms with Gasteiger partial charge in [0.2, 0.25) is 0 Å². The fourth-order valence-electron chi connectivity index (χ4n) is 1.18. The van der Waals surface area contributed by atoms with Gasteiger partial charge in [-0.3, -0.25) is 0 Å². The van der Waals surface area contributed by atoms with Gasteiger partial charge in [-0.05, 0) is 33.4 Å². The van der Waals surface area contributed by atoms with Gasteiger partial charge >= 0.3 is 14.8 Å². The predicted molar refractivity (Wildman–Crippen MR) is 62.0 cm³/mol. The van der Waals surface area contributed by atoms with E-state index in [2.05, 4.69) is 0 Å². The summed E-state index contributed by atoms with van der Waals surface area (Å²) in [5, 5.41) is 8.84. The van der Waals surface area contributed by atoms with E-state index < -0.39 is 14.8 Å². The van der Waals surface area contributed by atoms with E-state index in [0.29, 0.717) is 19.8 Å². The van der Waals surface area contributed by atoms with E-state index in [4.69, 9.17) is 18.4 Å². The van der Waals surface area contributed by atoms with Crippen molar-refractivity contribution in [3.63, 3.8) is 0 Å². The molecule has 0 atom stereocenters. The normalized spacial score (nSPS) is 12.9. The summed E-state index contributed by atoms with van der Waals surface area (Å²) in [5.74, 6) is -0.990. The summed E-state index contributed by atoms with van der Waals surface area (Å²) >= 11 is 0. The SMILES string of the molecule is CCO[Si](C=C(C)C(=O)O)(OCC)OCC. The Morgan fingerprint density at radius 2 is 1.50 bits per heavy atom. The third-order valence-electron chi connectivity index (χ3n) is 1.77. The van der Waals surface area contributed by atoms with Gasteiger partial charge in [-0.1, -0.05) is 0 Å². The minimum absolute atomic E-state index is 0.182. The highest BCUT2D eigenvalue weighted by atomic mass is 28.4. The number of hydrogen-bond donors (Lipinski definition) is 1. The van der Waals surface area contributed by atoms with E-state index >= 15 is 0 Å². The van der Waals surface area contributed by atoms with E-state index in [1.165, 1.54) is 12.6 Å². The Balaban J connectivity index is 4.99.